The lowest BCUT2D eigenvalue weighted by Crippen LogP contribution is -2.18. The highest BCUT2D eigenvalue weighted by Crippen LogP contribution is 2.35. The molecule has 3 heteroatoms. The first-order chi connectivity index (χ1) is 14.1. The van der Waals surface area contributed by atoms with Gasteiger partial charge in [-0.3, -0.25) is 9.88 Å². The predicted octanol–water partition coefficient (Wildman–Crippen LogP) is 5.82. The number of rotatable bonds is 8. The summed E-state index contributed by atoms with van der Waals surface area (Å²) in [6.07, 6.45) is 3.98. The molecule has 0 N–H and O–H groups in total. The molecule has 3 rings (SSSR count). The molecule has 0 unspecified atom stereocenters. The Kier molecular flexibility index (Phi) is 7.05. The highest BCUT2D eigenvalue weighted by atomic mass is 16.5. The Morgan fingerprint density at radius 2 is 1.52 bits per heavy atom. The van der Waals surface area contributed by atoms with Gasteiger partial charge in [0.15, 0.2) is 0 Å². The molecule has 0 aliphatic carbocycles. The summed E-state index contributed by atoms with van der Waals surface area (Å²) >= 11 is 0. The quantitative estimate of drug-likeness (QED) is 0.486. The number of hydrogen-bond donors (Lipinski definition) is 0. The van der Waals surface area contributed by atoms with Crippen LogP contribution in [0.2, 0.25) is 0 Å². The first-order valence-electron chi connectivity index (χ1n) is 10.4. The van der Waals surface area contributed by atoms with Crippen molar-refractivity contribution in [3.63, 3.8) is 0 Å². The number of pyridine rings is 1. The molecule has 0 bridgehead atoms. The maximum Gasteiger partial charge on any atom is 0.129 e. The van der Waals surface area contributed by atoms with E-state index in [4.69, 9.17) is 9.72 Å². The average molecular weight is 389 g/mol. The third-order valence-electron chi connectivity index (χ3n) is 5.51. The SMILES string of the molecule is CCc1cccc(CC)c1-c1ncc(CN(C)Cc2ccccc2)c(OC)c1C. The highest BCUT2D eigenvalue weighted by Gasteiger charge is 2.18. The number of aromatic nitrogens is 1. The van der Waals surface area contributed by atoms with Gasteiger partial charge in [-0.25, -0.2) is 0 Å². The Morgan fingerprint density at radius 3 is 2.10 bits per heavy atom. The third-order valence-corrected chi connectivity index (χ3v) is 5.51. The van der Waals surface area contributed by atoms with Crippen molar-refractivity contribution in [3.05, 3.63) is 82.5 Å². The molecular formula is C26H32N2O. The van der Waals surface area contributed by atoms with Crippen LogP contribution in [-0.4, -0.2) is 24.0 Å². The minimum absolute atomic E-state index is 0.794. The Morgan fingerprint density at radius 1 is 0.862 bits per heavy atom. The number of ether oxygens (including phenoxy) is 1. The smallest absolute Gasteiger partial charge is 0.129 e. The molecule has 0 spiro atoms. The van der Waals surface area contributed by atoms with Gasteiger partial charge in [0.1, 0.15) is 5.75 Å². The van der Waals surface area contributed by atoms with Crippen molar-refractivity contribution in [2.24, 2.45) is 0 Å². The molecule has 0 saturated heterocycles. The summed E-state index contributed by atoms with van der Waals surface area (Å²) in [5, 5.41) is 0. The zero-order chi connectivity index (χ0) is 20.8. The van der Waals surface area contributed by atoms with Gasteiger partial charge in [-0.05, 0) is 43.5 Å². The van der Waals surface area contributed by atoms with E-state index in [0.717, 1.165) is 48.5 Å². The Hall–Kier alpha value is -2.65. The van der Waals surface area contributed by atoms with Crippen LogP contribution in [0.15, 0.2) is 54.7 Å². The second-order valence-corrected chi connectivity index (χ2v) is 7.61. The summed E-state index contributed by atoms with van der Waals surface area (Å²) in [5.41, 5.74) is 8.56. The van der Waals surface area contributed by atoms with E-state index in [-0.39, 0.29) is 0 Å². The number of benzene rings is 2. The first kappa shape index (κ1) is 21.1. The second kappa shape index (κ2) is 9.71. The molecule has 1 aromatic heterocycles. The summed E-state index contributed by atoms with van der Waals surface area (Å²) < 4.78 is 5.87. The van der Waals surface area contributed by atoms with E-state index in [9.17, 15) is 0 Å². The van der Waals surface area contributed by atoms with Crippen LogP contribution in [0.5, 0.6) is 5.75 Å². The Balaban J connectivity index is 1.95. The summed E-state index contributed by atoms with van der Waals surface area (Å²) in [7, 11) is 3.90. The first-order valence-corrected chi connectivity index (χ1v) is 10.4. The molecule has 0 atom stereocenters. The Bertz CT molecular complexity index is 928. The number of nitrogens with zero attached hydrogens (tertiary/aromatic N) is 2. The van der Waals surface area contributed by atoms with Gasteiger partial charge in [0.2, 0.25) is 0 Å². The van der Waals surface area contributed by atoms with Gasteiger partial charge in [0.05, 0.1) is 12.8 Å². The molecule has 1 heterocycles. The van der Waals surface area contributed by atoms with Crippen LogP contribution in [0.1, 0.15) is 41.7 Å². The monoisotopic (exact) mass is 388 g/mol. The zero-order valence-corrected chi connectivity index (χ0v) is 18.3. The number of hydrogen-bond acceptors (Lipinski definition) is 3. The molecule has 3 aromatic rings. The highest BCUT2D eigenvalue weighted by molar-refractivity contribution is 5.73. The molecule has 0 aliphatic rings. The van der Waals surface area contributed by atoms with Crippen molar-refractivity contribution >= 4 is 0 Å². The van der Waals surface area contributed by atoms with Gasteiger partial charge in [-0.15, -0.1) is 0 Å². The fourth-order valence-corrected chi connectivity index (χ4v) is 4.08. The minimum atomic E-state index is 0.794. The average Bonchev–Trinajstić information content (AvgIpc) is 2.74. The maximum absolute atomic E-state index is 5.87. The van der Waals surface area contributed by atoms with Gasteiger partial charge in [0, 0.05) is 36.0 Å². The van der Waals surface area contributed by atoms with Gasteiger partial charge in [0.25, 0.3) is 0 Å². The van der Waals surface area contributed by atoms with Crippen molar-refractivity contribution in [1.29, 1.82) is 0 Å². The van der Waals surface area contributed by atoms with Gasteiger partial charge >= 0.3 is 0 Å². The van der Waals surface area contributed by atoms with E-state index >= 15 is 0 Å². The predicted molar refractivity (Wildman–Crippen MR) is 121 cm³/mol. The molecule has 0 fully saturated rings. The van der Waals surface area contributed by atoms with Crippen LogP contribution in [-0.2, 0) is 25.9 Å². The lowest BCUT2D eigenvalue weighted by atomic mass is 9.92. The number of methoxy groups -OCH3 is 1. The van der Waals surface area contributed by atoms with E-state index in [2.05, 4.69) is 81.2 Å². The van der Waals surface area contributed by atoms with Crippen LogP contribution in [0.4, 0.5) is 0 Å². The normalized spacial score (nSPS) is 11.1. The van der Waals surface area contributed by atoms with E-state index in [1.807, 2.05) is 6.20 Å². The van der Waals surface area contributed by atoms with Gasteiger partial charge in [-0.2, -0.15) is 0 Å². The van der Waals surface area contributed by atoms with Crippen molar-refractivity contribution in [3.8, 4) is 17.0 Å². The fourth-order valence-electron chi connectivity index (χ4n) is 4.08. The summed E-state index contributed by atoms with van der Waals surface area (Å²) in [5.74, 6) is 0.947. The third kappa shape index (κ3) is 4.68. The molecule has 0 radical (unpaired) electrons. The zero-order valence-electron chi connectivity index (χ0n) is 18.3. The van der Waals surface area contributed by atoms with Crippen LogP contribution >= 0.6 is 0 Å². The molecule has 0 amide bonds. The van der Waals surface area contributed by atoms with Crippen molar-refractivity contribution in [2.45, 2.75) is 46.7 Å². The molecule has 3 nitrogen and oxygen atoms in total. The molecule has 0 saturated carbocycles. The van der Waals surface area contributed by atoms with Crippen LogP contribution in [0, 0.1) is 6.92 Å². The van der Waals surface area contributed by atoms with E-state index in [0.29, 0.717) is 0 Å². The summed E-state index contributed by atoms with van der Waals surface area (Å²) in [6, 6.07) is 17.1. The molecule has 0 aliphatic heterocycles. The van der Waals surface area contributed by atoms with Crippen LogP contribution < -0.4 is 4.74 Å². The molecular weight excluding hydrogens is 356 g/mol. The largest absolute Gasteiger partial charge is 0.496 e. The summed E-state index contributed by atoms with van der Waals surface area (Å²) in [6.45, 7) is 8.23. The maximum atomic E-state index is 5.87. The number of aryl methyl sites for hydroxylation is 2. The van der Waals surface area contributed by atoms with Crippen LogP contribution in [0.25, 0.3) is 11.3 Å². The van der Waals surface area contributed by atoms with Gasteiger partial charge < -0.3 is 4.74 Å². The minimum Gasteiger partial charge on any atom is -0.496 e. The summed E-state index contributed by atoms with van der Waals surface area (Å²) in [4.78, 5) is 7.22. The van der Waals surface area contributed by atoms with E-state index < -0.39 is 0 Å². The lowest BCUT2D eigenvalue weighted by Gasteiger charge is -2.21. The lowest BCUT2D eigenvalue weighted by molar-refractivity contribution is 0.309. The molecule has 152 valence electrons. The standard InChI is InChI=1S/C26H32N2O/c1-6-21-14-11-15-22(7-2)24(21)25-19(3)26(29-5)23(16-27-25)18-28(4)17-20-12-9-8-10-13-20/h8-16H,6-7,17-18H2,1-5H3. The molecule has 2 aromatic carbocycles. The van der Waals surface area contributed by atoms with E-state index in [1.165, 1.54) is 22.3 Å². The van der Waals surface area contributed by atoms with Gasteiger partial charge in [-0.1, -0.05) is 62.4 Å². The van der Waals surface area contributed by atoms with Crippen molar-refractivity contribution in [2.75, 3.05) is 14.2 Å². The Labute approximate surface area is 175 Å². The van der Waals surface area contributed by atoms with Crippen molar-refractivity contribution < 1.29 is 4.74 Å². The van der Waals surface area contributed by atoms with Crippen molar-refractivity contribution in [1.82, 2.24) is 9.88 Å². The van der Waals surface area contributed by atoms with E-state index in [1.54, 1.807) is 7.11 Å². The van der Waals surface area contributed by atoms with Crippen LogP contribution in [0.3, 0.4) is 0 Å². The topological polar surface area (TPSA) is 25.4 Å². The molecule has 29 heavy (non-hydrogen) atoms. The second-order valence-electron chi connectivity index (χ2n) is 7.61. The fraction of sp³-hybridized carbons (Fsp3) is 0.346.